The minimum atomic E-state index is -1.11. The largest absolute Gasteiger partial charge is 0.480 e. The van der Waals surface area contributed by atoms with Crippen molar-refractivity contribution in [1.29, 1.82) is 0 Å². The first-order valence-corrected chi connectivity index (χ1v) is 12.6. The third-order valence-corrected chi connectivity index (χ3v) is 5.36. The molecule has 214 valence electrons. The highest BCUT2D eigenvalue weighted by Crippen LogP contribution is 2.00. The minimum Gasteiger partial charge on any atom is -0.480 e. The van der Waals surface area contributed by atoms with Gasteiger partial charge in [0.05, 0.1) is 32.7 Å². The molecule has 2 amide bonds. The summed E-state index contributed by atoms with van der Waals surface area (Å²) in [5, 5.41) is 33.2. The number of nitrogens with one attached hydrogen (secondary N) is 2. The number of carbonyl (C=O) groups is 5. The number of rotatable bonds is 22. The lowest BCUT2D eigenvalue weighted by Crippen LogP contribution is -2.47. The van der Waals surface area contributed by atoms with Crippen molar-refractivity contribution < 1.29 is 39.3 Å². The molecule has 0 fully saturated rings. The van der Waals surface area contributed by atoms with Crippen LogP contribution in [0.4, 0.5) is 0 Å². The molecule has 0 saturated heterocycles. The SMILES string of the molecule is CC(C)CCNC(=O)CN(CCN(CCN(CC(=O)O)CC(=O)NCCC(C)C)CC(=O)O)CC(=O)O. The van der Waals surface area contributed by atoms with Crippen molar-refractivity contribution in [3.63, 3.8) is 0 Å². The van der Waals surface area contributed by atoms with Crippen molar-refractivity contribution in [2.45, 2.75) is 40.5 Å². The van der Waals surface area contributed by atoms with Crippen LogP contribution in [0.2, 0.25) is 0 Å². The summed E-state index contributed by atoms with van der Waals surface area (Å²) in [6.45, 7) is 8.14. The third kappa shape index (κ3) is 21.1. The molecule has 0 aliphatic heterocycles. The molecule has 0 aromatic rings. The van der Waals surface area contributed by atoms with E-state index in [4.69, 9.17) is 0 Å². The van der Waals surface area contributed by atoms with Crippen molar-refractivity contribution >= 4 is 29.7 Å². The number of aliphatic carboxylic acids is 3. The third-order valence-electron chi connectivity index (χ3n) is 5.36. The molecule has 0 atom stereocenters. The first kappa shape index (κ1) is 34.2. The predicted octanol–water partition coefficient (Wildman–Crippen LogP) is -0.529. The van der Waals surface area contributed by atoms with E-state index in [0.29, 0.717) is 24.9 Å². The summed E-state index contributed by atoms with van der Waals surface area (Å²) in [6, 6.07) is 0. The van der Waals surface area contributed by atoms with Crippen molar-refractivity contribution in [3.8, 4) is 0 Å². The fourth-order valence-electron chi connectivity index (χ4n) is 3.36. The lowest BCUT2D eigenvalue weighted by molar-refractivity contribution is -0.141. The molecule has 13 heteroatoms. The van der Waals surface area contributed by atoms with Crippen molar-refractivity contribution in [2.75, 3.05) is 72.0 Å². The van der Waals surface area contributed by atoms with Crippen LogP contribution in [0.15, 0.2) is 0 Å². The lowest BCUT2D eigenvalue weighted by Gasteiger charge is -2.28. The van der Waals surface area contributed by atoms with Gasteiger partial charge in [-0.15, -0.1) is 0 Å². The molecular formula is C24H45N5O8. The van der Waals surface area contributed by atoms with Crippen LogP contribution in [0, 0.1) is 11.8 Å². The van der Waals surface area contributed by atoms with Gasteiger partial charge in [0.2, 0.25) is 11.8 Å². The molecule has 0 aromatic heterocycles. The van der Waals surface area contributed by atoms with Crippen molar-refractivity contribution in [1.82, 2.24) is 25.3 Å². The Balaban J connectivity index is 5.03. The van der Waals surface area contributed by atoms with Gasteiger partial charge in [-0.05, 0) is 24.7 Å². The van der Waals surface area contributed by atoms with E-state index in [-0.39, 0.29) is 70.7 Å². The predicted molar refractivity (Wildman–Crippen MR) is 137 cm³/mol. The van der Waals surface area contributed by atoms with Gasteiger partial charge in [-0.2, -0.15) is 0 Å². The Labute approximate surface area is 219 Å². The van der Waals surface area contributed by atoms with Crippen LogP contribution in [0.5, 0.6) is 0 Å². The summed E-state index contributed by atoms with van der Waals surface area (Å²) < 4.78 is 0. The molecule has 0 unspecified atom stereocenters. The average molecular weight is 532 g/mol. The first-order valence-electron chi connectivity index (χ1n) is 12.6. The maximum absolute atomic E-state index is 12.2. The summed E-state index contributed by atoms with van der Waals surface area (Å²) >= 11 is 0. The van der Waals surface area contributed by atoms with E-state index in [1.807, 2.05) is 27.7 Å². The molecule has 5 N–H and O–H groups in total. The van der Waals surface area contributed by atoms with E-state index in [9.17, 15) is 39.3 Å². The number of hydrogen-bond donors (Lipinski definition) is 5. The Bertz CT molecular complexity index is 680. The molecule has 0 bridgehead atoms. The summed E-state index contributed by atoms with van der Waals surface area (Å²) in [7, 11) is 0. The minimum absolute atomic E-state index is 0.117. The highest BCUT2D eigenvalue weighted by Gasteiger charge is 2.19. The normalized spacial score (nSPS) is 11.5. The molecule has 0 heterocycles. The zero-order valence-electron chi connectivity index (χ0n) is 22.6. The number of amides is 2. The first-order chi connectivity index (χ1) is 17.3. The molecule has 0 saturated carbocycles. The van der Waals surface area contributed by atoms with E-state index in [0.717, 1.165) is 12.8 Å². The van der Waals surface area contributed by atoms with Crippen LogP contribution in [0.3, 0.4) is 0 Å². The van der Waals surface area contributed by atoms with Gasteiger partial charge in [-0.1, -0.05) is 27.7 Å². The molecule has 0 rings (SSSR count). The van der Waals surface area contributed by atoms with Crippen LogP contribution in [-0.4, -0.2) is 132 Å². The summed E-state index contributed by atoms with van der Waals surface area (Å²) in [5.41, 5.74) is 0. The standard InChI is InChI=1S/C24H45N5O8/c1-18(2)5-7-25-20(30)13-28(16-23(34)35)11-9-27(15-22(32)33)10-12-29(17-24(36)37)14-21(31)26-8-6-19(3)4/h18-19H,5-17H2,1-4H3,(H,25,30)(H,26,31)(H,32,33)(H,34,35)(H,36,37). The van der Waals surface area contributed by atoms with Crippen LogP contribution in [-0.2, 0) is 24.0 Å². The van der Waals surface area contributed by atoms with Crippen LogP contribution in [0.25, 0.3) is 0 Å². The molecule has 0 aliphatic carbocycles. The van der Waals surface area contributed by atoms with Gasteiger partial charge in [0.25, 0.3) is 0 Å². The van der Waals surface area contributed by atoms with Crippen LogP contribution < -0.4 is 10.6 Å². The van der Waals surface area contributed by atoms with E-state index in [2.05, 4.69) is 10.6 Å². The smallest absolute Gasteiger partial charge is 0.317 e. The Hall–Kier alpha value is -2.77. The van der Waals surface area contributed by atoms with Gasteiger partial charge in [0.1, 0.15) is 0 Å². The molecule has 37 heavy (non-hydrogen) atoms. The Kier molecular flexibility index (Phi) is 17.9. The second-order valence-corrected chi connectivity index (χ2v) is 9.94. The fourth-order valence-corrected chi connectivity index (χ4v) is 3.36. The van der Waals surface area contributed by atoms with Gasteiger partial charge >= 0.3 is 17.9 Å². The van der Waals surface area contributed by atoms with E-state index >= 15 is 0 Å². The number of carbonyl (C=O) groups excluding carboxylic acids is 2. The monoisotopic (exact) mass is 531 g/mol. The lowest BCUT2D eigenvalue weighted by atomic mass is 10.1. The highest BCUT2D eigenvalue weighted by atomic mass is 16.4. The second-order valence-electron chi connectivity index (χ2n) is 9.94. The van der Waals surface area contributed by atoms with Gasteiger partial charge in [0.15, 0.2) is 0 Å². The van der Waals surface area contributed by atoms with Gasteiger partial charge in [-0.25, -0.2) is 0 Å². The van der Waals surface area contributed by atoms with Gasteiger partial charge in [-0.3, -0.25) is 38.7 Å². The fraction of sp³-hybridized carbons (Fsp3) is 0.792. The number of hydrogen-bond acceptors (Lipinski definition) is 8. The highest BCUT2D eigenvalue weighted by molar-refractivity contribution is 5.79. The van der Waals surface area contributed by atoms with E-state index in [1.54, 1.807) is 0 Å². The molecule has 13 nitrogen and oxygen atoms in total. The quantitative estimate of drug-likeness (QED) is 0.121. The average Bonchev–Trinajstić information content (AvgIpc) is 2.73. The zero-order valence-corrected chi connectivity index (χ0v) is 22.6. The molecule has 0 spiro atoms. The van der Waals surface area contributed by atoms with Crippen LogP contribution in [0.1, 0.15) is 40.5 Å². The molecule has 0 aliphatic rings. The van der Waals surface area contributed by atoms with Crippen LogP contribution >= 0.6 is 0 Å². The summed E-state index contributed by atoms with van der Waals surface area (Å²) in [6.07, 6.45) is 1.58. The Morgan fingerprint density at radius 2 is 0.838 bits per heavy atom. The topological polar surface area (TPSA) is 180 Å². The number of carboxylic acids is 3. The van der Waals surface area contributed by atoms with Crippen molar-refractivity contribution in [2.24, 2.45) is 11.8 Å². The van der Waals surface area contributed by atoms with Crippen molar-refractivity contribution in [3.05, 3.63) is 0 Å². The number of nitrogens with zero attached hydrogens (tertiary/aromatic N) is 3. The van der Waals surface area contributed by atoms with E-state index in [1.165, 1.54) is 14.7 Å². The zero-order chi connectivity index (χ0) is 28.4. The van der Waals surface area contributed by atoms with Gasteiger partial charge < -0.3 is 26.0 Å². The van der Waals surface area contributed by atoms with Gasteiger partial charge in [0, 0.05) is 39.3 Å². The molecule has 0 aromatic carbocycles. The Morgan fingerprint density at radius 3 is 1.14 bits per heavy atom. The molecular weight excluding hydrogens is 486 g/mol. The van der Waals surface area contributed by atoms with E-state index < -0.39 is 17.9 Å². The Morgan fingerprint density at radius 1 is 0.541 bits per heavy atom. The maximum atomic E-state index is 12.2. The molecule has 0 radical (unpaired) electrons. The second kappa shape index (κ2) is 19.4. The maximum Gasteiger partial charge on any atom is 0.317 e. The summed E-state index contributed by atoms with van der Waals surface area (Å²) in [5.74, 6) is -3.15. The summed E-state index contributed by atoms with van der Waals surface area (Å²) in [4.78, 5) is 62.7. The number of carboxylic acid groups (broad SMARTS) is 3.